The van der Waals surface area contributed by atoms with Gasteiger partial charge in [0.25, 0.3) is 0 Å². The van der Waals surface area contributed by atoms with Crippen molar-refractivity contribution in [1.29, 1.82) is 0 Å². The van der Waals surface area contributed by atoms with Crippen molar-refractivity contribution in [2.75, 3.05) is 18.4 Å². The van der Waals surface area contributed by atoms with Crippen molar-refractivity contribution in [3.8, 4) is 0 Å². The van der Waals surface area contributed by atoms with Crippen LogP contribution in [0, 0.1) is 0 Å². The molecule has 1 aromatic rings. The summed E-state index contributed by atoms with van der Waals surface area (Å²) in [5.41, 5.74) is 8.05. The zero-order chi connectivity index (χ0) is 15.1. The molecule has 1 fully saturated rings. The molecule has 0 atom stereocenters. The maximum Gasteiger partial charge on any atom is 0.319 e. The molecular weight excluding hydrogens is 286 g/mol. The Hall–Kier alpha value is -1.70. The maximum absolute atomic E-state index is 11.9. The fraction of sp³-hybridized carbons (Fsp3) is 0.357. The van der Waals surface area contributed by atoms with E-state index >= 15 is 0 Å². The minimum Gasteiger partial charge on any atom is -0.398 e. The molecule has 2 amide bonds. The molecule has 0 saturated carbocycles. The lowest BCUT2D eigenvalue weighted by molar-refractivity contribution is 0.245. The van der Waals surface area contributed by atoms with E-state index in [4.69, 9.17) is 10.9 Å². The lowest BCUT2D eigenvalue weighted by Crippen LogP contribution is -2.44. The highest BCUT2D eigenvalue weighted by Crippen LogP contribution is 2.15. The Kier molecular flexibility index (Phi) is 5.91. The van der Waals surface area contributed by atoms with Crippen LogP contribution in [0.2, 0.25) is 0 Å². The first-order valence-corrected chi connectivity index (χ1v) is 7.83. The van der Waals surface area contributed by atoms with E-state index in [1.54, 1.807) is 5.41 Å². The van der Waals surface area contributed by atoms with Crippen molar-refractivity contribution in [2.24, 2.45) is 10.9 Å². The van der Waals surface area contributed by atoms with Gasteiger partial charge in [-0.05, 0) is 43.6 Å². The molecule has 1 aliphatic heterocycles. The summed E-state index contributed by atoms with van der Waals surface area (Å²) in [5.74, 6) is 0. The monoisotopic (exact) mass is 307 g/mol. The highest BCUT2D eigenvalue weighted by molar-refractivity contribution is 8.00. The predicted molar refractivity (Wildman–Crippen MR) is 88.4 cm³/mol. The Labute approximate surface area is 128 Å². The zero-order valence-corrected chi connectivity index (χ0v) is 12.6. The summed E-state index contributed by atoms with van der Waals surface area (Å²) >= 11 is 1.07. The van der Waals surface area contributed by atoms with Gasteiger partial charge in [-0.15, -0.1) is 0 Å². The van der Waals surface area contributed by atoms with Gasteiger partial charge >= 0.3 is 6.03 Å². The Morgan fingerprint density at radius 1 is 1.29 bits per heavy atom. The van der Waals surface area contributed by atoms with E-state index in [1.165, 1.54) is 0 Å². The summed E-state index contributed by atoms with van der Waals surface area (Å²) in [6.45, 7) is 1.90. The fourth-order valence-corrected chi connectivity index (χ4v) is 2.49. The maximum atomic E-state index is 11.9. The van der Waals surface area contributed by atoms with Gasteiger partial charge in [-0.2, -0.15) is 0 Å². The molecule has 0 spiro atoms. The molecule has 6 nitrogen and oxygen atoms in total. The normalized spacial score (nSPS) is 16.5. The number of amides is 2. The predicted octanol–water partition coefficient (Wildman–Crippen LogP) is 1.42. The first kappa shape index (κ1) is 15.7. The number of nitrogens with one attached hydrogen (secondary N) is 3. The summed E-state index contributed by atoms with van der Waals surface area (Å²) in [5, 5.41) is 16.1. The Bertz CT molecular complexity index is 497. The first-order valence-electron chi connectivity index (χ1n) is 6.89. The smallest absolute Gasteiger partial charge is 0.319 e. The zero-order valence-electron chi connectivity index (χ0n) is 11.8. The van der Waals surface area contributed by atoms with Crippen LogP contribution in [0.4, 0.5) is 10.5 Å². The van der Waals surface area contributed by atoms with Crippen molar-refractivity contribution in [2.45, 2.75) is 18.9 Å². The molecule has 1 heterocycles. The van der Waals surface area contributed by atoms with E-state index in [-0.39, 0.29) is 12.1 Å². The van der Waals surface area contributed by atoms with Crippen LogP contribution in [-0.2, 0) is 0 Å². The number of benzene rings is 1. The number of hydrogen-bond acceptors (Lipinski definition) is 5. The van der Waals surface area contributed by atoms with Gasteiger partial charge in [0, 0.05) is 22.8 Å². The van der Waals surface area contributed by atoms with Crippen molar-refractivity contribution in [3.63, 3.8) is 0 Å². The second-order valence-corrected chi connectivity index (χ2v) is 5.42. The quantitative estimate of drug-likeness (QED) is 0.541. The van der Waals surface area contributed by atoms with Crippen LogP contribution >= 0.6 is 11.9 Å². The van der Waals surface area contributed by atoms with E-state index < -0.39 is 0 Å². The summed E-state index contributed by atoms with van der Waals surface area (Å²) in [7, 11) is 0. The Morgan fingerprint density at radius 3 is 2.57 bits per heavy atom. The highest BCUT2D eigenvalue weighted by Gasteiger charge is 2.15. The van der Waals surface area contributed by atoms with Crippen LogP contribution < -0.4 is 26.8 Å². The minimum absolute atomic E-state index is 0.171. The molecule has 1 saturated heterocycles. The second-order valence-electron chi connectivity index (χ2n) is 4.91. The van der Waals surface area contributed by atoms with Crippen molar-refractivity contribution < 1.29 is 4.79 Å². The van der Waals surface area contributed by atoms with Crippen LogP contribution in [0.3, 0.4) is 0 Å². The van der Waals surface area contributed by atoms with Crippen molar-refractivity contribution in [1.82, 2.24) is 10.6 Å². The standard InChI is InChI=1S/C14H21N5OS/c15-13(9-21-16)10-1-3-11(4-2-10)18-14(20)19-12-5-7-17-8-6-12/h1-4,9,12,17H,5-8,15-16H2,(H2,18,19,20)/b13-9-. The number of rotatable bonds is 4. The molecule has 1 aromatic carbocycles. The van der Waals surface area contributed by atoms with E-state index in [0.717, 1.165) is 49.1 Å². The van der Waals surface area contributed by atoms with E-state index in [9.17, 15) is 4.79 Å². The van der Waals surface area contributed by atoms with Gasteiger partial charge in [0.1, 0.15) is 0 Å². The molecule has 7 heteroatoms. The van der Waals surface area contributed by atoms with Gasteiger partial charge in [-0.25, -0.2) is 4.79 Å². The third kappa shape index (κ3) is 4.96. The molecule has 0 bridgehead atoms. The average Bonchev–Trinajstić information content (AvgIpc) is 2.49. The highest BCUT2D eigenvalue weighted by atomic mass is 32.2. The summed E-state index contributed by atoms with van der Waals surface area (Å²) in [4.78, 5) is 11.9. The van der Waals surface area contributed by atoms with E-state index in [0.29, 0.717) is 5.70 Å². The second kappa shape index (κ2) is 7.92. The molecule has 21 heavy (non-hydrogen) atoms. The molecule has 0 unspecified atom stereocenters. The van der Waals surface area contributed by atoms with Crippen molar-refractivity contribution in [3.05, 3.63) is 35.2 Å². The largest absolute Gasteiger partial charge is 0.398 e. The van der Waals surface area contributed by atoms with E-state index in [2.05, 4.69) is 16.0 Å². The number of carbonyl (C=O) groups excluding carboxylic acids is 1. The van der Waals surface area contributed by atoms with E-state index in [1.807, 2.05) is 24.3 Å². The van der Waals surface area contributed by atoms with Gasteiger partial charge in [0.05, 0.1) is 0 Å². The van der Waals surface area contributed by atoms with Crippen LogP contribution in [0.25, 0.3) is 5.70 Å². The topological polar surface area (TPSA) is 105 Å². The van der Waals surface area contributed by atoms with Gasteiger partial charge < -0.3 is 21.7 Å². The first-order chi connectivity index (χ1) is 10.2. The molecule has 1 aliphatic rings. The Balaban J connectivity index is 1.87. The number of piperidine rings is 1. The summed E-state index contributed by atoms with van der Waals surface area (Å²) in [6.07, 6.45) is 1.93. The Morgan fingerprint density at radius 2 is 1.95 bits per heavy atom. The molecule has 7 N–H and O–H groups in total. The van der Waals surface area contributed by atoms with Gasteiger partial charge in [0.15, 0.2) is 0 Å². The summed E-state index contributed by atoms with van der Waals surface area (Å²) in [6, 6.07) is 7.41. The molecule has 0 aliphatic carbocycles. The summed E-state index contributed by atoms with van der Waals surface area (Å²) < 4.78 is 0. The number of hydrogen-bond donors (Lipinski definition) is 5. The van der Waals surface area contributed by atoms with Gasteiger partial charge in [-0.3, -0.25) is 5.14 Å². The van der Waals surface area contributed by atoms with Crippen LogP contribution in [0.1, 0.15) is 18.4 Å². The number of urea groups is 1. The lowest BCUT2D eigenvalue weighted by atomic mass is 10.1. The fourth-order valence-electron chi connectivity index (χ4n) is 2.21. The molecular formula is C14H21N5OS. The molecule has 114 valence electrons. The molecule has 0 radical (unpaired) electrons. The third-order valence-corrected chi connectivity index (χ3v) is 3.74. The van der Waals surface area contributed by atoms with Crippen LogP contribution in [0.5, 0.6) is 0 Å². The third-order valence-electron chi connectivity index (χ3n) is 3.35. The lowest BCUT2D eigenvalue weighted by Gasteiger charge is -2.23. The van der Waals surface area contributed by atoms with Crippen molar-refractivity contribution >= 4 is 29.4 Å². The number of anilines is 1. The van der Waals surface area contributed by atoms with Gasteiger partial charge in [0.2, 0.25) is 0 Å². The minimum atomic E-state index is -0.171. The van der Waals surface area contributed by atoms with Crippen LogP contribution in [0.15, 0.2) is 29.7 Å². The number of carbonyl (C=O) groups is 1. The number of nitrogens with two attached hydrogens (primary N) is 2. The SMILES string of the molecule is NS/C=C(\N)c1ccc(NC(=O)NC2CCNCC2)cc1. The molecule has 2 rings (SSSR count). The van der Waals surface area contributed by atoms with Crippen LogP contribution in [-0.4, -0.2) is 25.2 Å². The molecule has 0 aromatic heterocycles. The van der Waals surface area contributed by atoms with Gasteiger partial charge in [-0.1, -0.05) is 24.1 Å². The average molecular weight is 307 g/mol.